The second kappa shape index (κ2) is 6.08. The Bertz CT molecular complexity index is 136. The second-order valence-electron chi connectivity index (χ2n) is 1.70. The van der Waals surface area contributed by atoms with Crippen LogP contribution < -0.4 is 0 Å². The molecule has 0 saturated heterocycles. The van der Waals surface area contributed by atoms with Crippen molar-refractivity contribution in [3.63, 3.8) is 0 Å². The van der Waals surface area contributed by atoms with Crippen LogP contribution in [0.5, 0.6) is 0 Å². The first-order valence-corrected chi connectivity index (χ1v) is 3.20. The van der Waals surface area contributed by atoms with Crippen LogP contribution in [0, 0.1) is 0 Å². The Hall–Kier alpha value is -1.05. The number of hydrogen-bond acceptors (Lipinski definition) is 2. The highest BCUT2D eigenvalue weighted by atomic mass is 16.5. The molecule has 0 spiro atoms. The van der Waals surface area contributed by atoms with E-state index >= 15 is 0 Å². The average Bonchev–Trinajstić information content (AvgIpc) is 1.99. The third kappa shape index (κ3) is 3.89. The summed E-state index contributed by atoms with van der Waals surface area (Å²) in [5.41, 5.74) is 0. The zero-order chi connectivity index (χ0) is 7.82. The Kier molecular flexibility index (Phi) is 5.44. The second-order valence-corrected chi connectivity index (χ2v) is 1.70. The lowest BCUT2D eigenvalue weighted by Gasteiger charge is -2.01. The van der Waals surface area contributed by atoms with Crippen molar-refractivity contribution in [2.24, 2.45) is 0 Å². The van der Waals surface area contributed by atoms with Crippen molar-refractivity contribution < 1.29 is 9.53 Å². The van der Waals surface area contributed by atoms with Crippen LogP contribution in [0.1, 0.15) is 13.3 Å². The van der Waals surface area contributed by atoms with Gasteiger partial charge in [0.2, 0.25) is 0 Å². The van der Waals surface area contributed by atoms with Gasteiger partial charge in [-0.2, -0.15) is 0 Å². The van der Waals surface area contributed by atoms with Crippen molar-refractivity contribution in [1.29, 1.82) is 0 Å². The van der Waals surface area contributed by atoms with Crippen LogP contribution in [0.25, 0.3) is 0 Å². The van der Waals surface area contributed by atoms with E-state index in [4.69, 9.17) is 4.74 Å². The van der Waals surface area contributed by atoms with Gasteiger partial charge in [-0.15, -0.1) is 0 Å². The molecule has 0 aliphatic rings. The molecular weight excluding hydrogens is 128 g/mol. The van der Waals surface area contributed by atoms with Gasteiger partial charge in [0.1, 0.15) is 12.0 Å². The summed E-state index contributed by atoms with van der Waals surface area (Å²) < 4.78 is 5.09. The highest BCUT2D eigenvalue weighted by Crippen LogP contribution is 1.97. The fourth-order valence-corrected chi connectivity index (χ4v) is 0.485. The van der Waals surface area contributed by atoms with Crippen LogP contribution >= 0.6 is 0 Å². The Balaban J connectivity index is 3.45. The summed E-state index contributed by atoms with van der Waals surface area (Å²) in [6, 6.07) is 0. The van der Waals surface area contributed by atoms with Crippen molar-refractivity contribution >= 4 is 6.29 Å². The minimum atomic E-state index is 0.436. The van der Waals surface area contributed by atoms with Crippen molar-refractivity contribution in [2.75, 3.05) is 6.61 Å². The topological polar surface area (TPSA) is 26.3 Å². The van der Waals surface area contributed by atoms with Crippen LogP contribution in [0.2, 0.25) is 0 Å². The predicted molar refractivity (Wildman–Crippen MR) is 40.6 cm³/mol. The van der Waals surface area contributed by atoms with E-state index < -0.39 is 0 Å². The Morgan fingerprint density at radius 1 is 1.70 bits per heavy atom. The maximum atomic E-state index is 9.84. The quantitative estimate of drug-likeness (QED) is 0.251. The van der Waals surface area contributed by atoms with E-state index in [1.165, 1.54) is 0 Å². The highest BCUT2D eigenvalue weighted by Gasteiger charge is 1.87. The van der Waals surface area contributed by atoms with Gasteiger partial charge in [0.05, 0.1) is 6.61 Å². The molecule has 0 aromatic carbocycles. The van der Waals surface area contributed by atoms with E-state index in [1.54, 1.807) is 12.2 Å². The van der Waals surface area contributed by atoms with E-state index in [-0.39, 0.29) is 0 Å². The molecule has 56 valence electrons. The van der Waals surface area contributed by atoms with Crippen LogP contribution in [0.15, 0.2) is 24.5 Å². The number of aldehydes is 1. The normalized spacial score (nSPS) is 10.7. The molecular formula is C8H12O2. The lowest BCUT2D eigenvalue weighted by molar-refractivity contribution is -0.108. The summed E-state index contributed by atoms with van der Waals surface area (Å²) in [5, 5.41) is 0. The molecule has 0 N–H and O–H groups in total. The summed E-state index contributed by atoms with van der Waals surface area (Å²) in [5.74, 6) is 0.724. The molecule has 0 bridgehead atoms. The molecule has 0 atom stereocenters. The minimum Gasteiger partial charge on any atom is -0.494 e. The van der Waals surface area contributed by atoms with Gasteiger partial charge in [0.25, 0.3) is 0 Å². The fraction of sp³-hybridized carbons (Fsp3) is 0.375. The monoisotopic (exact) mass is 140 g/mol. The molecule has 0 aliphatic carbocycles. The molecule has 0 saturated carbocycles. The standard InChI is InChI=1S/C8H12O2/c1-3-8(4-2)10-7-5-6-9/h3-4,6H,1,5,7H2,2H3/b8-4+. The first-order chi connectivity index (χ1) is 4.85. The van der Waals surface area contributed by atoms with Crippen LogP contribution in [0.3, 0.4) is 0 Å². The lowest BCUT2D eigenvalue weighted by atomic mass is 10.4. The number of allylic oxidation sites excluding steroid dienone is 2. The van der Waals surface area contributed by atoms with E-state index in [1.807, 2.05) is 6.92 Å². The highest BCUT2D eigenvalue weighted by molar-refractivity contribution is 5.49. The van der Waals surface area contributed by atoms with E-state index in [9.17, 15) is 4.79 Å². The smallest absolute Gasteiger partial charge is 0.123 e. The Morgan fingerprint density at radius 2 is 2.40 bits per heavy atom. The zero-order valence-corrected chi connectivity index (χ0v) is 6.17. The number of rotatable bonds is 5. The Morgan fingerprint density at radius 3 is 2.80 bits per heavy atom. The average molecular weight is 140 g/mol. The van der Waals surface area contributed by atoms with Gasteiger partial charge in [0, 0.05) is 6.42 Å². The van der Waals surface area contributed by atoms with Gasteiger partial charge >= 0.3 is 0 Å². The molecule has 0 aromatic rings. The van der Waals surface area contributed by atoms with Gasteiger partial charge in [-0.1, -0.05) is 6.58 Å². The number of ether oxygens (including phenoxy) is 1. The van der Waals surface area contributed by atoms with Gasteiger partial charge in [-0.05, 0) is 19.1 Å². The van der Waals surface area contributed by atoms with Crippen molar-refractivity contribution in [3.8, 4) is 0 Å². The van der Waals surface area contributed by atoms with Crippen LogP contribution in [-0.4, -0.2) is 12.9 Å². The maximum Gasteiger partial charge on any atom is 0.123 e. The molecule has 2 nitrogen and oxygen atoms in total. The molecule has 10 heavy (non-hydrogen) atoms. The third-order valence-corrected chi connectivity index (χ3v) is 0.990. The fourth-order valence-electron chi connectivity index (χ4n) is 0.485. The van der Waals surface area contributed by atoms with Crippen LogP contribution in [-0.2, 0) is 9.53 Å². The first kappa shape index (κ1) is 8.95. The molecule has 0 radical (unpaired) electrons. The number of hydrogen-bond donors (Lipinski definition) is 0. The zero-order valence-electron chi connectivity index (χ0n) is 6.17. The molecule has 2 heteroatoms. The third-order valence-electron chi connectivity index (χ3n) is 0.990. The van der Waals surface area contributed by atoms with Crippen LogP contribution in [0.4, 0.5) is 0 Å². The van der Waals surface area contributed by atoms with Crippen molar-refractivity contribution in [1.82, 2.24) is 0 Å². The summed E-state index contributed by atoms with van der Waals surface area (Å²) in [4.78, 5) is 9.84. The molecule has 0 fully saturated rings. The molecule has 0 heterocycles. The maximum absolute atomic E-state index is 9.84. The van der Waals surface area contributed by atoms with Gasteiger partial charge in [-0.3, -0.25) is 0 Å². The van der Waals surface area contributed by atoms with E-state index in [0.717, 1.165) is 12.0 Å². The number of carbonyl (C=O) groups is 1. The summed E-state index contributed by atoms with van der Waals surface area (Å²) in [6.07, 6.45) is 4.68. The molecule has 0 unspecified atom stereocenters. The van der Waals surface area contributed by atoms with Gasteiger partial charge < -0.3 is 9.53 Å². The summed E-state index contributed by atoms with van der Waals surface area (Å²) in [7, 11) is 0. The van der Waals surface area contributed by atoms with Crippen molar-refractivity contribution in [3.05, 3.63) is 24.5 Å². The minimum absolute atomic E-state index is 0.436. The largest absolute Gasteiger partial charge is 0.494 e. The van der Waals surface area contributed by atoms with E-state index in [0.29, 0.717) is 13.0 Å². The Labute approximate surface area is 61.2 Å². The molecule has 0 aliphatic heterocycles. The predicted octanol–water partition coefficient (Wildman–Crippen LogP) is 1.68. The molecule has 0 amide bonds. The molecule has 0 rings (SSSR count). The lowest BCUT2D eigenvalue weighted by Crippen LogP contribution is -1.92. The number of carbonyl (C=O) groups excluding carboxylic acids is 1. The summed E-state index contributed by atoms with van der Waals surface area (Å²) >= 11 is 0. The SMILES string of the molecule is C=C/C(=C\C)OCCC=O. The van der Waals surface area contributed by atoms with Gasteiger partial charge in [0.15, 0.2) is 0 Å². The first-order valence-electron chi connectivity index (χ1n) is 3.20. The van der Waals surface area contributed by atoms with E-state index in [2.05, 4.69) is 6.58 Å². The van der Waals surface area contributed by atoms with Gasteiger partial charge in [-0.25, -0.2) is 0 Å². The van der Waals surface area contributed by atoms with Crippen molar-refractivity contribution in [2.45, 2.75) is 13.3 Å². The summed E-state index contributed by atoms with van der Waals surface area (Å²) in [6.45, 7) is 5.83. The molecule has 0 aromatic heterocycles.